The number of carbonyl (C=O) groups is 1. The Morgan fingerprint density at radius 2 is 2.32 bits per heavy atom. The van der Waals surface area contributed by atoms with Crippen LogP contribution in [0.25, 0.3) is 0 Å². The van der Waals surface area contributed by atoms with E-state index in [2.05, 4.69) is 0 Å². The first-order valence-electron chi connectivity index (χ1n) is 6.77. The van der Waals surface area contributed by atoms with Gasteiger partial charge in [0.25, 0.3) is 0 Å². The summed E-state index contributed by atoms with van der Waals surface area (Å²) < 4.78 is 16.7. The number of hydrogen-bond donors (Lipinski definition) is 1. The molecule has 2 N–H and O–H groups in total. The number of ether oxygens (including phenoxy) is 2. The van der Waals surface area contributed by atoms with Crippen molar-refractivity contribution in [3.05, 3.63) is 23.7 Å². The molecule has 104 valence electrons. The molecule has 5 nitrogen and oxygen atoms in total. The van der Waals surface area contributed by atoms with Crippen molar-refractivity contribution in [3.63, 3.8) is 0 Å². The maximum Gasteiger partial charge on any atom is 0.201 e. The average Bonchev–Trinajstić information content (AvgIpc) is 3.07. The van der Waals surface area contributed by atoms with Crippen LogP contribution in [0.15, 0.2) is 16.5 Å². The van der Waals surface area contributed by atoms with Gasteiger partial charge in [-0.2, -0.15) is 0 Å². The summed E-state index contributed by atoms with van der Waals surface area (Å²) in [7, 11) is 0. The fourth-order valence-electron chi connectivity index (χ4n) is 2.94. The molecule has 2 aliphatic heterocycles. The van der Waals surface area contributed by atoms with Crippen molar-refractivity contribution in [2.24, 2.45) is 11.7 Å². The highest BCUT2D eigenvalue weighted by atomic mass is 16.6. The second-order valence-corrected chi connectivity index (χ2v) is 5.36. The van der Waals surface area contributed by atoms with E-state index in [1.54, 1.807) is 12.1 Å². The van der Waals surface area contributed by atoms with E-state index in [0.717, 1.165) is 25.9 Å². The van der Waals surface area contributed by atoms with Gasteiger partial charge in [0.1, 0.15) is 5.76 Å². The SMILES string of the molecule is NCc1ccc(C(=O)C2CCOC3(CCOC3)C2)o1. The van der Waals surface area contributed by atoms with Crippen LogP contribution >= 0.6 is 0 Å². The Morgan fingerprint density at radius 1 is 1.42 bits per heavy atom. The summed E-state index contributed by atoms with van der Waals surface area (Å²) >= 11 is 0. The Hall–Kier alpha value is -1.17. The van der Waals surface area contributed by atoms with Crippen LogP contribution in [0.4, 0.5) is 0 Å². The third-order valence-corrected chi connectivity index (χ3v) is 4.04. The maximum atomic E-state index is 12.4. The smallest absolute Gasteiger partial charge is 0.201 e. The van der Waals surface area contributed by atoms with Gasteiger partial charge < -0.3 is 19.6 Å². The Bertz CT molecular complexity index is 462. The molecule has 2 fully saturated rings. The van der Waals surface area contributed by atoms with Gasteiger partial charge in [-0.25, -0.2) is 0 Å². The molecule has 19 heavy (non-hydrogen) atoms. The second-order valence-electron chi connectivity index (χ2n) is 5.36. The quantitative estimate of drug-likeness (QED) is 0.838. The van der Waals surface area contributed by atoms with Crippen molar-refractivity contribution in [1.29, 1.82) is 0 Å². The second kappa shape index (κ2) is 5.07. The molecule has 0 saturated carbocycles. The number of ketones is 1. The largest absolute Gasteiger partial charge is 0.457 e. The van der Waals surface area contributed by atoms with Crippen molar-refractivity contribution < 1.29 is 18.7 Å². The van der Waals surface area contributed by atoms with Crippen molar-refractivity contribution >= 4 is 5.78 Å². The van der Waals surface area contributed by atoms with Crippen LogP contribution in [0.3, 0.4) is 0 Å². The molecule has 0 amide bonds. The fourth-order valence-corrected chi connectivity index (χ4v) is 2.94. The summed E-state index contributed by atoms with van der Waals surface area (Å²) in [6.45, 7) is 2.25. The van der Waals surface area contributed by atoms with Gasteiger partial charge in [0.05, 0.1) is 18.8 Å². The number of rotatable bonds is 3. The van der Waals surface area contributed by atoms with Gasteiger partial charge in [0.2, 0.25) is 5.78 Å². The third-order valence-electron chi connectivity index (χ3n) is 4.04. The first-order chi connectivity index (χ1) is 9.22. The lowest BCUT2D eigenvalue weighted by Crippen LogP contribution is -2.42. The van der Waals surface area contributed by atoms with Gasteiger partial charge in [-0.15, -0.1) is 0 Å². The predicted octanol–water partition coefficient (Wildman–Crippen LogP) is 1.51. The number of furan rings is 1. The molecule has 0 aliphatic carbocycles. The van der Waals surface area contributed by atoms with Crippen molar-refractivity contribution in [1.82, 2.24) is 0 Å². The van der Waals surface area contributed by atoms with Gasteiger partial charge in [0.15, 0.2) is 5.76 Å². The van der Waals surface area contributed by atoms with Crippen LogP contribution in [-0.4, -0.2) is 31.2 Å². The highest BCUT2D eigenvalue weighted by Gasteiger charge is 2.43. The average molecular weight is 265 g/mol. The maximum absolute atomic E-state index is 12.4. The Morgan fingerprint density at radius 3 is 3.00 bits per heavy atom. The monoisotopic (exact) mass is 265 g/mol. The van der Waals surface area contributed by atoms with Gasteiger partial charge in [-0.05, 0) is 25.0 Å². The lowest BCUT2D eigenvalue weighted by molar-refractivity contribution is -0.0922. The van der Waals surface area contributed by atoms with Crippen molar-refractivity contribution in [3.8, 4) is 0 Å². The van der Waals surface area contributed by atoms with E-state index in [1.807, 2.05) is 0 Å². The molecule has 1 spiro atoms. The molecule has 0 aromatic carbocycles. The molecular weight excluding hydrogens is 246 g/mol. The number of hydrogen-bond acceptors (Lipinski definition) is 5. The molecular formula is C14H19NO4. The summed E-state index contributed by atoms with van der Waals surface area (Å²) in [6, 6.07) is 3.48. The zero-order chi connectivity index (χ0) is 13.3. The highest BCUT2D eigenvalue weighted by molar-refractivity contribution is 5.95. The third kappa shape index (κ3) is 2.45. The number of nitrogens with two attached hydrogens (primary N) is 1. The van der Waals surface area contributed by atoms with E-state index in [-0.39, 0.29) is 17.3 Å². The van der Waals surface area contributed by atoms with Gasteiger partial charge >= 0.3 is 0 Å². The molecule has 2 unspecified atom stereocenters. The Kier molecular flexibility index (Phi) is 3.43. The molecule has 1 aromatic rings. The van der Waals surface area contributed by atoms with E-state index >= 15 is 0 Å². The molecule has 3 rings (SSSR count). The molecule has 2 aliphatic rings. The lowest BCUT2D eigenvalue weighted by Gasteiger charge is -2.36. The first kappa shape index (κ1) is 12.8. The van der Waals surface area contributed by atoms with Crippen LogP contribution in [0.5, 0.6) is 0 Å². The molecule has 3 heterocycles. The zero-order valence-electron chi connectivity index (χ0n) is 10.9. The van der Waals surface area contributed by atoms with Gasteiger partial charge in [-0.3, -0.25) is 4.79 Å². The topological polar surface area (TPSA) is 74.7 Å². The molecule has 1 aromatic heterocycles. The summed E-state index contributed by atoms with van der Waals surface area (Å²) in [4.78, 5) is 12.4. The predicted molar refractivity (Wildman–Crippen MR) is 67.8 cm³/mol. The normalized spacial score (nSPS) is 30.9. The number of carbonyl (C=O) groups excluding carboxylic acids is 1. The van der Waals surface area contributed by atoms with Gasteiger partial charge in [0, 0.05) is 25.6 Å². The molecule has 2 atom stereocenters. The fraction of sp³-hybridized carbons (Fsp3) is 0.643. The van der Waals surface area contributed by atoms with Crippen LogP contribution in [0, 0.1) is 5.92 Å². The van der Waals surface area contributed by atoms with Crippen LogP contribution < -0.4 is 5.73 Å². The van der Waals surface area contributed by atoms with E-state index in [9.17, 15) is 4.79 Å². The van der Waals surface area contributed by atoms with Crippen LogP contribution in [-0.2, 0) is 16.0 Å². The summed E-state index contributed by atoms with van der Waals surface area (Å²) in [5.41, 5.74) is 5.25. The molecule has 0 radical (unpaired) electrons. The lowest BCUT2D eigenvalue weighted by atomic mass is 9.82. The van der Waals surface area contributed by atoms with E-state index in [4.69, 9.17) is 19.6 Å². The minimum absolute atomic E-state index is 0.0350. The molecule has 2 saturated heterocycles. The Balaban J connectivity index is 1.72. The highest BCUT2D eigenvalue weighted by Crippen LogP contribution is 2.37. The summed E-state index contributed by atoms with van der Waals surface area (Å²) in [5, 5.41) is 0. The summed E-state index contributed by atoms with van der Waals surface area (Å²) in [5.74, 6) is 1.09. The van der Waals surface area contributed by atoms with E-state index in [0.29, 0.717) is 31.3 Å². The first-order valence-corrected chi connectivity index (χ1v) is 6.77. The minimum atomic E-state index is -0.248. The Labute approximate surface area is 112 Å². The zero-order valence-corrected chi connectivity index (χ0v) is 10.9. The van der Waals surface area contributed by atoms with Crippen molar-refractivity contribution in [2.45, 2.75) is 31.4 Å². The van der Waals surface area contributed by atoms with Crippen molar-refractivity contribution in [2.75, 3.05) is 19.8 Å². The van der Waals surface area contributed by atoms with Crippen LogP contribution in [0.2, 0.25) is 0 Å². The minimum Gasteiger partial charge on any atom is -0.457 e. The van der Waals surface area contributed by atoms with Gasteiger partial charge in [-0.1, -0.05) is 0 Å². The molecule has 0 bridgehead atoms. The van der Waals surface area contributed by atoms with E-state index < -0.39 is 0 Å². The van der Waals surface area contributed by atoms with Crippen LogP contribution in [0.1, 0.15) is 35.6 Å². The standard InChI is InChI=1S/C14H19NO4/c15-8-11-1-2-12(19-11)13(16)10-3-5-18-14(7-10)4-6-17-9-14/h1-2,10H,3-9,15H2. The molecule has 5 heteroatoms. The number of Topliss-reactive ketones (excluding diaryl/α,β-unsaturated/α-hetero) is 1. The summed E-state index contributed by atoms with van der Waals surface area (Å²) in [6.07, 6.45) is 2.35. The van der Waals surface area contributed by atoms with E-state index in [1.165, 1.54) is 0 Å².